The Hall–Kier alpha value is -1.32. The van der Waals surface area contributed by atoms with Gasteiger partial charge in [-0.15, -0.1) is 0 Å². The first-order valence-electron chi connectivity index (χ1n) is 9.71. The van der Waals surface area contributed by atoms with Gasteiger partial charge in [0.15, 0.2) is 0 Å². The van der Waals surface area contributed by atoms with Gasteiger partial charge in [-0.05, 0) is 38.5 Å². The molecule has 1 fully saturated rings. The van der Waals surface area contributed by atoms with E-state index in [9.17, 15) is 14.7 Å². The zero-order valence-electron chi connectivity index (χ0n) is 15.2. The van der Waals surface area contributed by atoms with E-state index in [2.05, 4.69) is 19.1 Å². The third-order valence-corrected chi connectivity index (χ3v) is 4.79. The average molecular weight is 338 g/mol. The largest absolute Gasteiger partial charge is 0.481 e. The monoisotopic (exact) mass is 338 g/mol. The molecule has 4 heteroatoms. The van der Waals surface area contributed by atoms with Crippen LogP contribution in [0.1, 0.15) is 84.0 Å². The molecule has 24 heavy (non-hydrogen) atoms. The molecule has 1 rings (SSSR count). The second kappa shape index (κ2) is 13.0. The molecule has 1 saturated carbocycles. The summed E-state index contributed by atoms with van der Waals surface area (Å²) < 4.78 is 5.32. The van der Waals surface area contributed by atoms with Crippen molar-refractivity contribution < 1.29 is 19.4 Å². The Morgan fingerprint density at radius 3 is 2.25 bits per heavy atom. The van der Waals surface area contributed by atoms with Crippen molar-refractivity contribution in [3.8, 4) is 0 Å². The molecule has 1 aliphatic carbocycles. The highest BCUT2D eigenvalue weighted by Gasteiger charge is 2.36. The van der Waals surface area contributed by atoms with Crippen LogP contribution < -0.4 is 0 Å². The Kier molecular flexibility index (Phi) is 11.2. The van der Waals surface area contributed by atoms with Gasteiger partial charge in [-0.1, -0.05) is 57.6 Å². The molecule has 0 bridgehead atoms. The maximum atomic E-state index is 12.1. The summed E-state index contributed by atoms with van der Waals surface area (Å²) >= 11 is 0. The van der Waals surface area contributed by atoms with Crippen LogP contribution in [0.25, 0.3) is 0 Å². The highest BCUT2D eigenvalue weighted by atomic mass is 16.5. The number of rotatable bonds is 12. The smallest absolute Gasteiger partial charge is 0.309 e. The van der Waals surface area contributed by atoms with Gasteiger partial charge in [-0.25, -0.2) is 0 Å². The van der Waals surface area contributed by atoms with Crippen molar-refractivity contribution in [2.24, 2.45) is 11.8 Å². The number of carbonyl (C=O) groups excluding carboxylic acids is 1. The lowest BCUT2D eigenvalue weighted by atomic mass is 9.79. The van der Waals surface area contributed by atoms with Gasteiger partial charge in [0.1, 0.15) is 0 Å². The quantitative estimate of drug-likeness (QED) is 0.305. The predicted octanol–water partition coefficient (Wildman–Crippen LogP) is 5.12. The molecule has 0 aliphatic heterocycles. The second-order valence-corrected chi connectivity index (χ2v) is 6.82. The fraction of sp³-hybridized carbons (Fsp3) is 0.800. The van der Waals surface area contributed by atoms with Crippen LogP contribution in [0.2, 0.25) is 0 Å². The van der Waals surface area contributed by atoms with Gasteiger partial charge in [-0.2, -0.15) is 0 Å². The van der Waals surface area contributed by atoms with Crippen molar-refractivity contribution in [2.45, 2.75) is 84.0 Å². The number of ether oxygens (including phenoxy) is 1. The van der Waals surface area contributed by atoms with Crippen LogP contribution in [0.4, 0.5) is 0 Å². The highest BCUT2D eigenvalue weighted by Crippen LogP contribution is 2.31. The van der Waals surface area contributed by atoms with Crippen LogP contribution in [0.5, 0.6) is 0 Å². The van der Waals surface area contributed by atoms with Crippen LogP contribution in [-0.2, 0) is 14.3 Å². The molecule has 0 aromatic heterocycles. The molecule has 0 saturated heterocycles. The molecule has 1 N–H and O–H groups in total. The van der Waals surface area contributed by atoms with Crippen molar-refractivity contribution in [3.05, 3.63) is 12.2 Å². The van der Waals surface area contributed by atoms with Crippen LogP contribution in [0.15, 0.2) is 12.2 Å². The summed E-state index contributed by atoms with van der Waals surface area (Å²) in [4.78, 5) is 23.3. The SMILES string of the molecule is CCCC/C=C/CCCCCCOC(=O)C1CCCCC1C(=O)O. The summed E-state index contributed by atoms with van der Waals surface area (Å²) in [6.45, 7) is 2.63. The van der Waals surface area contributed by atoms with E-state index in [1.54, 1.807) is 0 Å². The van der Waals surface area contributed by atoms with Gasteiger partial charge in [-0.3, -0.25) is 9.59 Å². The predicted molar refractivity (Wildman–Crippen MR) is 95.8 cm³/mol. The zero-order valence-corrected chi connectivity index (χ0v) is 15.2. The molecular weight excluding hydrogens is 304 g/mol. The number of carboxylic acid groups (broad SMARTS) is 1. The first-order valence-corrected chi connectivity index (χ1v) is 9.71. The van der Waals surface area contributed by atoms with Gasteiger partial charge in [0, 0.05) is 0 Å². The Labute approximate surface area is 146 Å². The summed E-state index contributed by atoms with van der Waals surface area (Å²) in [6, 6.07) is 0. The van der Waals surface area contributed by atoms with Crippen LogP contribution >= 0.6 is 0 Å². The molecule has 138 valence electrons. The standard InChI is InChI=1S/C20H34O4/c1-2-3-4-5-6-7-8-9-10-13-16-24-20(23)18-15-12-11-14-17(18)19(21)22/h5-6,17-18H,2-4,7-16H2,1H3,(H,21,22)/b6-5+. The molecule has 2 atom stereocenters. The molecule has 0 spiro atoms. The van der Waals surface area contributed by atoms with Crippen molar-refractivity contribution in [3.63, 3.8) is 0 Å². The maximum absolute atomic E-state index is 12.1. The number of hydrogen-bond acceptors (Lipinski definition) is 3. The number of allylic oxidation sites excluding steroid dienone is 2. The molecular formula is C20H34O4. The van der Waals surface area contributed by atoms with E-state index in [0.29, 0.717) is 19.4 Å². The van der Waals surface area contributed by atoms with Gasteiger partial charge >= 0.3 is 11.9 Å². The Bertz CT molecular complexity index is 389. The van der Waals surface area contributed by atoms with E-state index in [-0.39, 0.29) is 5.97 Å². The van der Waals surface area contributed by atoms with Crippen molar-refractivity contribution in [1.29, 1.82) is 0 Å². The average Bonchev–Trinajstić information content (AvgIpc) is 2.59. The normalized spacial score (nSPS) is 21.0. The number of unbranched alkanes of at least 4 members (excludes halogenated alkanes) is 6. The first kappa shape index (κ1) is 20.7. The van der Waals surface area contributed by atoms with E-state index in [1.807, 2.05) is 0 Å². The van der Waals surface area contributed by atoms with E-state index in [0.717, 1.165) is 38.5 Å². The first-order chi connectivity index (χ1) is 11.7. The van der Waals surface area contributed by atoms with Crippen LogP contribution in [0, 0.1) is 11.8 Å². The number of carboxylic acids is 1. The highest BCUT2D eigenvalue weighted by molar-refractivity contribution is 5.81. The molecule has 0 radical (unpaired) electrons. The maximum Gasteiger partial charge on any atom is 0.309 e. The third-order valence-electron chi connectivity index (χ3n) is 4.79. The minimum atomic E-state index is -0.858. The Morgan fingerprint density at radius 2 is 1.58 bits per heavy atom. The fourth-order valence-electron chi connectivity index (χ4n) is 3.26. The van der Waals surface area contributed by atoms with Crippen LogP contribution in [0.3, 0.4) is 0 Å². The molecule has 0 aromatic carbocycles. The van der Waals surface area contributed by atoms with E-state index < -0.39 is 17.8 Å². The lowest BCUT2D eigenvalue weighted by Gasteiger charge is -2.26. The van der Waals surface area contributed by atoms with Crippen molar-refractivity contribution >= 4 is 11.9 Å². The Balaban J connectivity index is 2.05. The van der Waals surface area contributed by atoms with Gasteiger partial charge in [0.05, 0.1) is 18.4 Å². The molecule has 4 nitrogen and oxygen atoms in total. The summed E-state index contributed by atoms with van der Waals surface area (Å²) in [6.07, 6.45) is 16.7. The summed E-state index contributed by atoms with van der Waals surface area (Å²) in [5.41, 5.74) is 0. The summed E-state index contributed by atoms with van der Waals surface area (Å²) in [7, 11) is 0. The zero-order chi connectivity index (χ0) is 17.6. The lowest BCUT2D eigenvalue weighted by molar-refractivity contribution is -0.159. The number of carbonyl (C=O) groups is 2. The molecule has 0 heterocycles. The van der Waals surface area contributed by atoms with Crippen LogP contribution in [-0.4, -0.2) is 23.7 Å². The van der Waals surface area contributed by atoms with E-state index in [4.69, 9.17) is 4.74 Å². The molecule has 1 aliphatic rings. The number of hydrogen-bond donors (Lipinski definition) is 1. The lowest BCUT2D eigenvalue weighted by Crippen LogP contribution is -2.33. The molecule has 2 unspecified atom stereocenters. The topological polar surface area (TPSA) is 63.6 Å². The third kappa shape index (κ3) is 8.51. The van der Waals surface area contributed by atoms with Gasteiger partial charge in [0.25, 0.3) is 0 Å². The van der Waals surface area contributed by atoms with Crippen molar-refractivity contribution in [1.82, 2.24) is 0 Å². The summed E-state index contributed by atoms with van der Waals surface area (Å²) in [5.74, 6) is -2.15. The second-order valence-electron chi connectivity index (χ2n) is 6.82. The van der Waals surface area contributed by atoms with E-state index in [1.165, 1.54) is 25.7 Å². The van der Waals surface area contributed by atoms with E-state index >= 15 is 0 Å². The van der Waals surface area contributed by atoms with Crippen molar-refractivity contribution in [2.75, 3.05) is 6.61 Å². The van der Waals surface area contributed by atoms with Gasteiger partial charge < -0.3 is 9.84 Å². The Morgan fingerprint density at radius 1 is 0.958 bits per heavy atom. The number of aliphatic carboxylic acids is 1. The molecule has 0 aromatic rings. The minimum Gasteiger partial charge on any atom is -0.481 e. The fourth-order valence-corrected chi connectivity index (χ4v) is 3.26. The van der Waals surface area contributed by atoms with Gasteiger partial charge in [0.2, 0.25) is 0 Å². The number of esters is 1. The summed E-state index contributed by atoms with van der Waals surface area (Å²) in [5, 5.41) is 9.20. The molecule has 0 amide bonds. The minimum absolute atomic E-state index is 0.305.